The quantitative estimate of drug-likeness (QED) is 0.471. The van der Waals surface area contributed by atoms with Crippen LogP contribution in [0.2, 0.25) is 0 Å². The fourth-order valence-corrected chi connectivity index (χ4v) is 5.78. The number of rotatable bonds is 5. The number of pyridine rings is 1. The number of allylic oxidation sites excluding steroid dienone is 2. The molecule has 1 atom stereocenters. The highest BCUT2D eigenvalue weighted by Crippen LogP contribution is 2.59. The number of nitrogens with zero attached hydrogens (tertiary/aromatic N) is 3. The second-order valence-corrected chi connectivity index (χ2v) is 8.61. The number of benzene rings is 1. The molecule has 6 rings (SSSR count). The van der Waals surface area contributed by atoms with Crippen LogP contribution in [0.4, 0.5) is 5.82 Å². The molecule has 142 valence electrons. The summed E-state index contributed by atoms with van der Waals surface area (Å²) in [6, 6.07) is 16.4. The van der Waals surface area contributed by atoms with E-state index >= 15 is 0 Å². The van der Waals surface area contributed by atoms with Gasteiger partial charge in [0.1, 0.15) is 16.3 Å². The summed E-state index contributed by atoms with van der Waals surface area (Å²) >= 11 is 1.84. The lowest BCUT2D eigenvalue weighted by Gasteiger charge is -2.26. The zero-order valence-corrected chi connectivity index (χ0v) is 16.7. The van der Waals surface area contributed by atoms with Crippen LogP contribution in [-0.4, -0.2) is 21.5 Å². The summed E-state index contributed by atoms with van der Waals surface area (Å²) in [5.74, 6) is 2.26. The van der Waals surface area contributed by atoms with Crippen LogP contribution in [0.15, 0.2) is 60.8 Å². The fraction of sp³-hybridized carbons (Fsp3) is 0.208. The maximum atomic E-state index is 4.92. The molecule has 0 saturated carbocycles. The molecule has 0 amide bonds. The van der Waals surface area contributed by atoms with Gasteiger partial charge in [0, 0.05) is 29.1 Å². The lowest BCUT2D eigenvalue weighted by atomic mass is 9.80. The molecule has 0 saturated heterocycles. The number of aromatic nitrogens is 3. The van der Waals surface area contributed by atoms with Gasteiger partial charge in [0.2, 0.25) is 0 Å². The second kappa shape index (κ2) is 6.78. The van der Waals surface area contributed by atoms with Gasteiger partial charge in [0.15, 0.2) is 5.82 Å². The first kappa shape index (κ1) is 16.9. The first-order valence-electron chi connectivity index (χ1n) is 10.1. The van der Waals surface area contributed by atoms with E-state index in [1.54, 1.807) is 6.20 Å². The van der Waals surface area contributed by atoms with Crippen molar-refractivity contribution in [3.63, 3.8) is 0 Å². The lowest BCUT2D eigenvalue weighted by molar-refractivity contribution is 0.797. The fourth-order valence-electron chi connectivity index (χ4n) is 4.43. The van der Waals surface area contributed by atoms with Gasteiger partial charge in [0.25, 0.3) is 0 Å². The summed E-state index contributed by atoms with van der Waals surface area (Å²) in [5.41, 5.74) is 5.04. The molecular formula is C24H20N4S. The maximum Gasteiger partial charge on any atom is 0.181 e. The van der Waals surface area contributed by atoms with Crippen molar-refractivity contribution in [3.05, 3.63) is 76.8 Å². The van der Waals surface area contributed by atoms with Crippen molar-refractivity contribution in [2.75, 3.05) is 11.9 Å². The number of anilines is 1. The van der Waals surface area contributed by atoms with Crippen LogP contribution in [0, 0.1) is 0 Å². The zero-order valence-electron chi connectivity index (χ0n) is 15.9. The summed E-state index contributed by atoms with van der Waals surface area (Å²) in [6.45, 7) is 0.838. The Balaban J connectivity index is 1.42. The normalized spacial score (nSPS) is 16.8. The topological polar surface area (TPSA) is 50.7 Å². The van der Waals surface area contributed by atoms with Gasteiger partial charge in [-0.25, -0.2) is 9.97 Å². The van der Waals surface area contributed by atoms with Crippen molar-refractivity contribution in [1.29, 1.82) is 0 Å². The van der Waals surface area contributed by atoms with E-state index in [9.17, 15) is 0 Å². The van der Waals surface area contributed by atoms with Crippen molar-refractivity contribution in [1.82, 2.24) is 15.0 Å². The minimum absolute atomic E-state index is 0.625. The summed E-state index contributed by atoms with van der Waals surface area (Å²) in [4.78, 5) is 16.8. The highest BCUT2D eigenvalue weighted by molar-refractivity contribution is 7.19. The molecule has 1 unspecified atom stereocenters. The molecule has 0 aliphatic heterocycles. The molecule has 4 aromatic rings. The van der Waals surface area contributed by atoms with Gasteiger partial charge in [-0.3, -0.25) is 4.98 Å². The molecular weight excluding hydrogens is 376 g/mol. The van der Waals surface area contributed by atoms with Gasteiger partial charge in [0.05, 0.1) is 5.39 Å². The van der Waals surface area contributed by atoms with Crippen molar-refractivity contribution in [3.8, 4) is 11.5 Å². The average molecular weight is 397 g/mol. The van der Waals surface area contributed by atoms with E-state index in [0.717, 1.165) is 29.3 Å². The van der Waals surface area contributed by atoms with Crippen LogP contribution >= 0.6 is 11.3 Å². The standard InChI is InChI=1S/C24H20N4S/c1-2-7-15(8-3-1)12-14-26-23-20-19-16-9-6-10-17(16)21(19)29-24(20)28-22(27-23)18-11-4-5-13-25-18/h1-5,7-9,11,13,17H,6,10,12,14H2,(H,26,27,28). The first-order chi connectivity index (χ1) is 14.4. The highest BCUT2D eigenvalue weighted by atomic mass is 32.1. The maximum absolute atomic E-state index is 4.92. The van der Waals surface area contributed by atoms with E-state index in [2.05, 4.69) is 46.7 Å². The van der Waals surface area contributed by atoms with Crippen LogP contribution in [0.3, 0.4) is 0 Å². The van der Waals surface area contributed by atoms with Crippen LogP contribution in [0.25, 0.3) is 27.3 Å². The van der Waals surface area contributed by atoms with Crippen molar-refractivity contribution < 1.29 is 0 Å². The van der Waals surface area contributed by atoms with Gasteiger partial charge in [-0.2, -0.15) is 0 Å². The van der Waals surface area contributed by atoms with E-state index in [4.69, 9.17) is 9.97 Å². The minimum atomic E-state index is 0.625. The first-order valence-corrected chi connectivity index (χ1v) is 10.9. The monoisotopic (exact) mass is 396 g/mol. The predicted molar refractivity (Wildman–Crippen MR) is 119 cm³/mol. The van der Waals surface area contributed by atoms with E-state index in [-0.39, 0.29) is 0 Å². The Morgan fingerprint density at radius 1 is 1.03 bits per heavy atom. The Hall–Kier alpha value is -3.05. The molecule has 0 bridgehead atoms. The van der Waals surface area contributed by atoms with Gasteiger partial charge < -0.3 is 5.32 Å². The third-order valence-electron chi connectivity index (χ3n) is 5.82. The van der Waals surface area contributed by atoms with Gasteiger partial charge in [-0.05, 0) is 42.5 Å². The van der Waals surface area contributed by atoms with Gasteiger partial charge >= 0.3 is 0 Å². The molecule has 2 aliphatic carbocycles. The van der Waals surface area contributed by atoms with Crippen LogP contribution in [0.5, 0.6) is 0 Å². The van der Waals surface area contributed by atoms with E-state index in [0.29, 0.717) is 11.7 Å². The number of nitrogens with one attached hydrogen (secondary N) is 1. The summed E-state index contributed by atoms with van der Waals surface area (Å²) in [6.07, 6.45) is 7.59. The third-order valence-corrected chi connectivity index (χ3v) is 7.02. The molecule has 0 fully saturated rings. The number of fused-ring (bicyclic) bond motifs is 6. The average Bonchev–Trinajstić information content (AvgIpc) is 3.32. The molecule has 0 spiro atoms. The summed E-state index contributed by atoms with van der Waals surface area (Å²) in [7, 11) is 0. The SMILES string of the molecule is C1=C2c3c(sc4nc(-c5ccccn5)nc(NCCc5ccccc5)c34)C2CC1. The summed E-state index contributed by atoms with van der Waals surface area (Å²) < 4.78 is 0. The molecule has 29 heavy (non-hydrogen) atoms. The van der Waals surface area contributed by atoms with Gasteiger partial charge in [-0.15, -0.1) is 11.3 Å². The number of hydrogen-bond acceptors (Lipinski definition) is 5. The Morgan fingerprint density at radius 2 is 1.93 bits per heavy atom. The third kappa shape index (κ3) is 2.76. The summed E-state index contributed by atoms with van der Waals surface area (Å²) in [5, 5.41) is 4.81. The number of thiophene rings is 1. The Kier molecular flexibility index (Phi) is 3.94. The van der Waals surface area contributed by atoms with E-state index < -0.39 is 0 Å². The van der Waals surface area contributed by atoms with Crippen molar-refractivity contribution >= 4 is 32.9 Å². The Bertz CT molecular complexity index is 1230. The molecule has 4 nitrogen and oxygen atoms in total. The van der Waals surface area contributed by atoms with Gasteiger partial charge in [-0.1, -0.05) is 42.5 Å². The van der Waals surface area contributed by atoms with Crippen LogP contribution in [-0.2, 0) is 6.42 Å². The van der Waals surface area contributed by atoms with E-state index in [1.165, 1.54) is 39.8 Å². The molecule has 2 aliphatic rings. The smallest absolute Gasteiger partial charge is 0.181 e. The van der Waals surface area contributed by atoms with Crippen LogP contribution < -0.4 is 5.32 Å². The largest absolute Gasteiger partial charge is 0.369 e. The molecule has 3 aromatic heterocycles. The molecule has 1 aromatic carbocycles. The lowest BCUT2D eigenvalue weighted by Crippen LogP contribution is -2.11. The molecule has 5 heteroatoms. The predicted octanol–water partition coefficient (Wildman–Crippen LogP) is 5.68. The molecule has 3 heterocycles. The Morgan fingerprint density at radius 3 is 2.79 bits per heavy atom. The number of hydrogen-bond donors (Lipinski definition) is 1. The highest BCUT2D eigenvalue weighted by Gasteiger charge is 2.39. The molecule has 1 N–H and O–H groups in total. The Labute approximate surface area is 173 Å². The minimum Gasteiger partial charge on any atom is -0.369 e. The zero-order chi connectivity index (χ0) is 19.2. The van der Waals surface area contributed by atoms with E-state index in [1.807, 2.05) is 29.5 Å². The van der Waals surface area contributed by atoms with Crippen molar-refractivity contribution in [2.45, 2.75) is 25.2 Å². The second-order valence-electron chi connectivity index (χ2n) is 7.58. The van der Waals surface area contributed by atoms with Crippen LogP contribution in [0.1, 0.15) is 34.8 Å². The molecule has 0 radical (unpaired) electrons. The van der Waals surface area contributed by atoms with Crippen molar-refractivity contribution in [2.24, 2.45) is 0 Å².